The first-order chi connectivity index (χ1) is 8.20. The lowest BCUT2D eigenvalue weighted by molar-refractivity contribution is 1.40. The Morgan fingerprint density at radius 1 is 1.12 bits per heavy atom. The maximum atomic E-state index is 6.00. The van der Waals surface area contributed by atoms with E-state index >= 15 is 0 Å². The molecular weight excluding hydrogens is 268 g/mol. The summed E-state index contributed by atoms with van der Waals surface area (Å²) in [7, 11) is 0. The zero-order valence-corrected chi connectivity index (χ0v) is 11.8. The topological polar surface area (TPSA) is 0 Å². The van der Waals surface area contributed by atoms with Gasteiger partial charge in [-0.2, -0.15) is 0 Å². The van der Waals surface area contributed by atoms with Crippen molar-refractivity contribution in [3.8, 4) is 11.1 Å². The Kier molecular flexibility index (Phi) is 4.32. The van der Waals surface area contributed by atoms with Crippen molar-refractivity contribution in [2.75, 3.05) is 5.75 Å². The lowest BCUT2D eigenvalue weighted by Crippen LogP contribution is -1.81. The van der Waals surface area contributed by atoms with Gasteiger partial charge in [-0.1, -0.05) is 43.3 Å². The first-order valence-corrected chi connectivity index (χ1v) is 7.17. The largest absolute Gasteiger partial charge is 0.126 e. The normalized spacial score (nSPS) is 10.5. The van der Waals surface area contributed by atoms with E-state index in [-0.39, 0.29) is 0 Å². The van der Waals surface area contributed by atoms with Crippen LogP contribution in [-0.4, -0.2) is 5.75 Å². The van der Waals surface area contributed by atoms with Gasteiger partial charge in [0.15, 0.2) is 0 Å². The molecule has 0 nitrogen and oxygen atoms in total. The fourth-order valence-electron chi connectivity index (χ4n) is 1.63. The molecule has 0 aliphatic rings. The molecule has 0 aliphatic carbocycles. The molecule has 2 rings (SSSR count). The maximum Gasteiger partial charge on any atom is 0.0456 e. The lowest BCUT2D eigenvalue weighted by atomic mass is 10.1. The predicted molar refractivity (Wildman–Crippen MR) is 79.1 cm³/mol. The molecule has 0 N–H and O–H groups in total. The standard InChI is InChI=1S/C14H12ClS2/c1-2-17-12-6-3-10(4-7-12)13-9-11(15)5-8-14(13)16/h3-9H,2H2,1H3. The van der Waals surface area contributed by atoms with E-state index in [1.807, 2.05) is 30.0 Å². The molecule has 3 heteroatoms. The molecule has 17 heavy (non-hydrogen) atoms. The highest BCUT2D eigenvalue weighted by Gasteiger charge is 2.04. The van der Waals surface area contributed by atoms with Gasteiger partial charge in [0.05, 0.1) is 0 Å². The highest BCUT2D eigenvalue weighted by atomic mass is 35.5. The van der Waals surface area contributed by atoms with Gasteiger partial charge in [-0.25, -0.2) is 0 Å². The molecular formula is C14H12ClS2. The molecule has 0 saturated carbocycles. The monoisotopic (exact) mass is 279 g/mol. The molecule has 1 radical (unpaired) electrons. The van der Waals surface area contributed by atoms with Crippen LogP contribution in [0.3, 0.4) is 0 Å². The van der Waals surface area contributed by atoms with Crippen LogP contribution in [-0.2, 0) is 0 Å². The SMILES string of the molecule is CCSc1ccc(-c2cc(Cl)ccc2[S])cc1. The smallest absolute Gasteiger partial charge is 0.0456 e. The number of thioether (sulfide) groups is 1. The number of hydrogen-bond donors (Lipinski definition) is 0. The summed E-state index contributed by atoms with van der Waals surface area (Å²) in [6, 6.07) is 14.1. The van der Waals surface area contributed by atoms with Crippen LogP contribution in [0.15, 0.2) is 52.3 Å². The van der Waals surface area contributed by atoms with Gasteiger partial charge in [0, 0.05) is 20.4 Å². The number of rotatable bonds is 3. The maximum absolute atomic E-state index is 6.00. The van der Waals surface area contributed by atoms with Crippen molar-refractivity contribution in [1.82, 2.24) is 0 Å². The van der Waals surface area contributed by atoms with Crippen molar-refractivity contribution in [1.29, 1.82) is 0 Å². The van der Waals surface area contributed by atoms with Gasteiger partial charge in [-0.3, -0.25) is 0 Å². The Morgan fingerprint density at radius 2 is 1.82 bits per heavy atom. The minimum absolute atomic E-state index is 0.723. The lowest BCUT2D eigenvalue weighted by Gasteiger charge is -2.06. The second-order valence-electron chi connectivity index (χ2n) is 3.60. The zero-order valence-electron chi connectivity index (χ0n) is 9.44. The van der Waals surface area contributed by atoms with E-state index in [1.54, 1.807) is 0 Å². The minimum Gasteiger partial charge on any atom is -0.126 e. The van der Waals surface area contributed by atoms with E-state index < -0.39 is 0 Å². The minimum atomic E-state index is 0.723. The average molecular weight is 280 g/mol. The van der Waals surface area contributed by atoms with Gasteiger partial charge < -0.3 is 0 Å². The van der Waals surface area contributed by atoms with Crippen molar-refractivity contribution in [2.24, 2.45) is 0 Å². The summed E-state index contributed by atoms with van der Waals surface area (Å²) >= 11 is 13.1. The van der Waals surface area contributed by atoms with Crippen LogP contribution in [0.1, 0.15) is 6.92 Å². The Morgan fingerprint density at radius 3 is 2.47 bits per heavy atom. The summed E-state index contributed by atoms with van der Waals surface area (Å²) in [5.41, 5.74) is 2.15. The van der Waals surface area contributed by atoms with Gasteiger partial charge in [-0.15, -0.1) is 11.8 Å². The van der Waals surface area contributed by atoms with Crippen LogP contribution >= 0.6 is 36.0 Å². The van der Waals surface area contributed by atoms with Crippen molar-refractivity contribution < 1.29 is 0 Å². The van der Waals surface area contributed by atoms with E-state index in [9.17, 15) is 0 Å². The first-order valence-electron chi connectivity index (χ1n) is 5.40. The fraction of sp³-hybridized carbons (Fsp3) is 0.143. The van der Waals surface area contributed by atoms with Crippen molar-refractivity contribution >= 4 is 36.0 Å². The zero-order chi connectivity index (χ0) is 12.3. The Balaban J connectivity index is 2.36. The molecule has 0 bridgehead atoms. The summed E-state index contributed by atoms with van der Waals surface area (Å²) in [5, 5.41) is 0.723. The molecule has 0 amide bonds. The average Bonchev–Trinajstić information content (AvgIpc) is 2.34. The molecule has 0 aromatic heterocycles. The molecule has 0 aliphatic heterocycles. The molecule has 0 fully saturated rings. The fourth-order valence-corrected chi connectivity index (χ4v) is 2.70. The van der Waals surface area contributed by atoms with Gasteiger partial charge in [0.2, 0.25) is 0 Å². The Labute approximate surface area is 117 Å². The summed E-state index contributed by atoms with van der Waals surface area (Å²) in [6.45, 7) is 2.15. The highest BCUT2D eigenvalue weighted by Crippen LogP contribution is 2.30. The number of benzene rings is 2. The quantitative estimate of drug-likeness (QED) is 0.652. The van der Waals surface area contributed by atoms with E-state index in [0.717, 1.165) is 26.8 Å². The molecule has 0 saturated heterocycles. The molecule has 87 valence electrons. The van der Waals surface area contributed by atoms with Gasteiger partial charge in [0.1, 0.15) is 0 Å². The third-order valence-corrected chi connectivity index (χ3v) is 3.90. The van der Waals surface area contributed by atoms with Crippen LogP contribution in [0.25, 0.3) is 11.1 Å². The summed E-state index contributed by atoms with van der Waals surface area (Å²) in [5.74, 6) is 1.09. The van der Waals surface area contributed by atoms with Gasteiger partial charge >= 0.3 is 0 Å². The summed E-state index contributed by atoms with van der Waals surface area (Å²) in [6.07, 6.45) is 0. The van der Waals surface area contributed by atoms with Crippen molar-refractivity contribution in [2.45, 2.75) is 16.7 Å². The molecule has 2 aromatic carbocycles. The first kappa shape index (κ1) is 12.7. The van der Waals surface area contributed by atoms with Crippen molar-refractivity contribution in [3.63, 3.8) is 0 Å². The second kappa shape index (κ2) is 5.76. The Bertz CT molecular complexity index is 506. The van der Waals surface area contributed by atoms with Crippen molar-refractivity contribution in [3.05, 3.63) is 47.5 Å². The van der Waals surface area contributed by atoms with Crippen LogP contribution in [0.4, 0.5) is 0 Å². The number of hydrogen-bond acceptors (Lipinski definition) is 1. The third-order valence-electron chi connectivity index (χ3n) is 2.42. The molecule has 0 spiro atoms. The van der Waals surface area contributed by atoms with E-state index in [0.29, 0.717) is 0 Å². The van der Waals surface area contributed by atoms with E-state index in [1.165, 1.54) is 4.90 Å². The second-order valence-corrected chi connectivity index (χ2v) is 5.81. The van der Waals surface area contributed by atoms with Crippen LogP contribution < -0.4 is 0 Å². The van der Waals surface area contributed by atoms with Gasteiger partial charge in [-0.05, 0) is 41.6 Å². The predicted octanol–water partition coefficient (Wildman–Crippen LogP) is 5.68. The van der Waals surface area contributed by atoms with Gasteiger partial charge in [0.25, 0.3) is 0 Å². The molecule has 0 unspecified atom stereocenters. The third kappa shape index (κ3) is 3.15. The Hall–Kier alpha value is -0.700. The van der Waals surface area contributed by atoms with E-state index in [4.69, 9.17) is 24.2 Å². The van der Waals surface area contributed by atoms with E-state index in [2.05, 4.69) is 31.2 Å². The summed E-state index contributed by atoms with van der Waals surface area (Å²) < 4.78 is 0. The molecule has 0 heterocycles. The van der Waals surface area contributed by atoms with Crippen LogP contribution in [0, 0.1) is 0 Å². The van der Waals surface area contributed by atoms with Crippen LogP contribution in [0.5, 0.6) is 0 Å². The number of halogens is 1. The summed E-state index contributed by atoms with van der Waals surface area (Å²) in [4.78, 5) is 2.12. The van der Waals surface area contributed by atoms with Crippen LogP contribution in [0.2, 0.25) is 5.02 Å². The molecule has 0 atom stereocenters. The highest BCUT2D eigenvalue weighted by molar-refractivity contribution is 7.99. The molecule has 2 aromatic rings.